The Morgan fingerprint density at radius 3 is 2.45 bits per heavy atom. The van der Waals surface area contributed by atoms with Gasteiger partial charge in [-0.15, -0.1) is 0 Å². The highest BCUT2D eigenvalue weighted by Gasteiger charge is 2.31. The maximum atomic E-state index is 13.7. The molecule has 0 spiro atoms. The van der Waals surface area contributed by atoms with Gasteiger partial charge >= 0.3 is 0 Å². The summed E-state index contributed by atoms with van der Waals surface area (Å²) in [6.07, 6.45) is 4.52. The van der Waals surface area contributed by atoms with Crippen molar-refractivity contribution in [1.82, 2.24) is 10.2 Å². The molecule has 5 heteroatoms. The number of rotatable bonds is 5. The van der Waals surface area contributed by atoms with Gasteiger partial charge in [0.15, 0.2) is 11.6 Å². The summed E-state index contributed by atoms with van der Waals surface area (Å²) in [5.74, 6) is -2.76. The first-order valence-corrected chi connectivity index (χ1v) is 7.24. The first-order chi connectivity index (χ1) is 9.63. The van der Waals surface area contributed by atoms with Crippen LogP contribution in [-0.2, 0) is 6.54 Å². The molecule has 1 unspecified atom stereocenters. The highest BCUT2D eigenvalue weighted by Crippen LogP contribution is 2.30. The number of halogens is 3. The number of nitrogens with zero attached hydrogens (tertiary/aromatic N) is 1. The van der Waals surface area contributed by atoms with E-state index in [0.717, 1.165) is 38.4 Å². The maximum absolute atomic E-state index is 13.7. The summed E-state index contributed by atoms with van der Waals surface area (Å²) in [6.45, 7) is 2.23. The molecule has 0 radical (unpaired) electrons. The lowest BCUT2D eigenvalue weighted by Crippen LogP contribution is -2.38. The van der Waals surface area contributed by atoms with Gasteiger partial charge in [-0.2, -0.15) is 0 Å². The Bertz CT molecular complexity index is 482. The molecule has 1 saturated carbocycles. The summed E-state index contributed by atoms with van der Waals surface area (Å²) in [5, 5.41) is 3.42. The van der Waals surface area contributed by atoms with Gasteiger partial charge in [-0.3, -0.25) is 4.90 Å². The highest BCUT2D eigenvalue weighted by atomic mass is 19.2. The standard InChI is InChI=1S/C15H19F3N2/c16-13-7-15(18)14(17)6-10(13)8-20(12-3-4-12)9-11-2-1-5-19-11/h6-7,11-12,19H,1-5,8-9H2. The van der Waals surface area contributed by atoms with Crippen LogP contribution < -0.4 is 5.32 Å². The summed E-state index contributed by atoms with van der Waals surface area (Å²) < 4.78 is 40.0. The Hall–Kier alpha value is -1.07. The minimum absolute atomic E-state index is 0.244. The monoisotopic (exact) mass is 284 g/mol. The van der Waals surface area contributed by atoms with Crippen LogP contribution in [0.25, 0.3) is 0 Å². The van der Waals surface area contributed by atoms with E-state index in [1.807, 2.05) is 0 Å². The van der Waals surface area contributed by atoms with E-state index >= 15 is 0 Å². The quantitative estimate of drug-likeness (QED) is 0.836. The van der Waals surface area contributed by atoms with Crippen molar-refractivity contribution in [2.45, 2.75) is 44.3 Å². The summed E-state index contributed by atoms with van der Waals surface area (Å²) in [7, 11) is 0. The van der Waals surface area contributed by atoms with E-state index in [1.54, 1.807) is 0 Å². The van der Waals surface area contributed by atoms with Gasteiger partial charge in [-0.1, -0.05) is 0 Å². The van der Waals surface area contributed by atoms with Crippen molar-refractivity contribution in [3.05, 3.63) is 35.1 Å². The van der Waals surface area contributed by atoms with Gasteiger partial charge < -0.3 is 5.32 Å². The third-order valence-corrected chi connectivity index (χ3v) is 4.14. The predicted octanol–water partition coefficient (Wildman–Crippen LogP) is 2.82. The minimum atomic E-state index is -1.12. The lowest BCUT2D eigenvalue weighted by atomic mass is 10.1. The number of nitrogens with one attached hydrogen (secondary N) is 1. The Labute approximate surface area is 117 Å². The second-order valence-electron chi connectivity index (χ2n) is 5.81. The van der Waals surface area contributed by atoms with Crippen LogP contribution in [0.2, 0.25) is 0 Å². The first kappa shape index (κ1) is 13.9. The average Bonchev–Trinajstić information content (AvgIpc) is 3.13. The van der Waals surface area contributed by atoms with E-state index in [4.69, 9.17) is 0 Å². The largest absolute Gasteiger partial charge is 0.313 e. The van der Waals surface area contributed by atoms with Gasteiger partial charge in [0.2, 0.25) is 0 Å². The van der Waals surface area contributed by atoms with E-state index in [9.17, 15) is 13.2 Å². The van der Waals surface area contributed by atoms with Crippen LogP contribution in [0.3, 0.4) is 0 Å². The molecule has 3 rings (SSSR count). The molecule has 1 heterocycles. The fourth-order valence-electron chi connectivity index (χ4n) is 2.88. The van der Waals surface area contributed by atoms with E-state index in [2.05, 4.69) is 10.2 Å². The van der Waals surface area contributed by atoms with Crippen molar-refractivity contribution in [1.29, 1.82) is 0 Å². The Morgan fingerprint density at radius 2 is 1.80 bits per heavy atom. The van der Waals surface area contributed by atoms with Crippen LogP contribution >= 0.6 is 0 Å². The molecule has 1 N–H and O–H groups in total. The van der Waals surface area contributed by atoms with Gasteiger partial charge in [-0.05, 0) is 38.3 Å². The second-order valence-corrected chi connectivity index (χ2v) is 5.81. The maximum Gasteiger partial charge on any atom is 0.161 e. The number of benzene rings is 1. The molecule has 0 bridgehead atoms. The lowest BCUT2D eigenvalue weighted by molar-refractivity contribution is 0.227. The molecule has 2 fully saturated rings. The molecule has 0 amide bonds. The molecular formula is C15H19F3N2. The zero-order chi connectivity index (χ0) is 14.1. The minimum Gasteiger partial charge on any atom is -0.313 e. The van der Waals surface area contributed by atoms with Gasteiger partial charge in [0.25, 0.3) is 0 Å². The lowest BCUT2D eigenvalue weighted by Gasteiger charge is -2.25. The zero-order valence-electron chi connectivity index (χ0n) is 11.3. The van der Waals surface area contributed by atoms with E-state index < -0.39 is 17.5 Å². The van der Waals surface area contributed by atoms with Gasteiger partial charge in [0.1, 0.15) is 5.82 Å². The summed E-state index contributed by atoms with van der Waals surface area (Å²) in [6, 6.07) is 2.53. The number of hydrogen-bond donors (Lipinski definition) is 1. The fraction of sp³-hybridized carbons (Fsp3) is 0.600. The molecule has 1 saturated heterocycles. The zero-order valence-corrected chi connectivity index (χ0v) is 11.3. The molecule has 1 aromatic rings. The van der Waals surface area contributed by atoms with Crippen LogP contribution in [0.15, 0.2) is 12.1 Å². The van der Waals surface area contributed by atoms with Crippen LogP contribution in [0.4, 0.5) is 13.2 Å². The topological polar surface area (TPSA) is 15.3 Å². The molecule has 110 valence electrons. The molecular weight excluding hydrogens is 265 g/mol. The van der Waals surface area contributed by atoms with Gasteiger partial charge in [0.05, 0.1) is 0 Å². The third kappa shape index (κ3) is 3.15. The summed E-state index contributed by atoms with van der Waals surface area (Å²) >= 11 is 0. The van der Waals surface area contributed by atoms with Crippen molar-refractivity contribution in [2.24, 2.45) is 0 Å². The third-order valence-electron chi connectivity index (χ3n) is 4.14. The molecule has 2 nitrogen and oxygen atoms in total. The van der Waals surface area contributed by atoms with Gasteiger partial charge in [0, 0.05) is 36.8 Å². The van der Waals surface area contributed by atoms with Crippen molar-refractivity contribution in [3.8, 4) is 0 Å². The van der Waals surface area contributed by atoms with Gasteiger partial charge in [-0.25, -0.2) is 13.2 Å². The summed E-state index contributed by atoms with van der Waals surface area (Å²) in [4.78, 5) is 2.19. The SMILES string of the molecule is Fc1cc(F)c(CN(CC2CCCN2)C2CC2)cc1F. The molecule has 1 aliphatic carbocycles. The Kier molecular flexibility index (Phi) is 3.98. The molecule has 20 heavy (non-hydrogen) atoms. The molecule has 2 aliphatic rings. The van der Waals surface area contributed by atoms with Crippen molar-refractivity contribution < 1.29 is 13.2 Å². The van der Waals surface area contributed by atoms with E-state index in [1.165, 1.54) is 6.42 Å². The highest BCUT2D eigenvalue weighted by molar-refractivity contribution is 5.20. The molecule has 1 atom stereocenters. The van der Waals surface area contributed by atoms with E-state index in [0.29, 0.717) is 24.7 Å². The smallest absolute Gasteiger partial charge is 0.161 e. The number of hydrogen-bond acceptors (Lipinski definition) is 2. The first-order valence-electron chi connectivity index (χ1n) is 7.24. The van der Waals surface area contributed by atoms with Crippen molar-refractivity contribution in [3.63, 3.8) is 0 Å². The van der Waals surface area contributed by atoms with Crippen LogP contribution in [-0.4, -0.2) is 30.1 Å². The fourth-order valence-corrected chi connectivity index (χ4v) is 2.88. The molecule has 1 aromatic carbocycles. The second kappa shape index (κ2) is 5.74. The van der Waals surface area contributed by atoms with Crippen LogP contribution in [0, 0.1) is 17.5 Å². The van der Waals surface area contributed by atoms with Crippen LogP contribution in [0.1, 0.15) is 31.2 Å². The van der Waals surface area contributed by atoms with Crippen molar-refractivity contribution >= 4 is 0 Å². The van der Waals surface area contributed by atoms with Crippen LogP contribution in [0.5, 0.6) is 0 Å². The Morgan fingerprint density at radius 1 is 1.05 bits per heavy atom. The average molecular weight is 284 g/mol. The Balaban J connectivity index is 1.71. The van der Waals surface area contributed by atoms with E-state index in [-0.39, 0.29) is 5.56 Å². The molecule has 1 aliphatic heterocycles. The van der Waals surface area contributed by atoms with Crippen molar-refractivity contribution in [2.75, 3.05) is 13.1 Å². The predicted molar refractivity (Wildman–Crippen MR) is 70.8 cm³/mol. The summed E-state index contributed by atoms with van der Waals surface area (Å²) in [5.41, 5.74) is 0.244. The normalized spacial score (nSPS) is 22.7. The molecule has 0 aromatic heterocycles.